The molecule has 0 saturated carbocycles. The van der Waals surface area contributed by atoms with Crippen molar-refractivity contribution in [2.75, 3.05) is 30.9 Å². The highest BCUT2D eigenvalue weighted by molar-refractivity contribution is 5.41. The summed E-state index contributed by atoms with van der Waals surface area (Å²) in [6.07, 6.45) is 0.722. The Morgan fingerprint density at radius 3 is 2.68 bits per heavy atom. The first-order valence-corrected chi connectivity index (χ1v) is 5.92. The summed E-state index contributed by atoms with van der Waals surface area (Å²) in [4.78, 5) is 4.95. The van der Waals surface area contributed by atoms with Crippen molar-refractivity contribution in [2.24, 2.45) is 0 Å². The molecule has 0 amide bonds. The third-order valence-corrected chi connectivity index (χ3v) is 2.85. The fourth-order valence-electron chi connectivity index (χ4n) is 1.66. The summed E-state index contributed by atoms with van der Waals surface area (Å²) < 4.78 is 0. The van der Waals surface area contributed by atoms with Gasteiger partial charge in [-0.25, -0.2) is 0 Å². The predicted molar refractivity (Wildman–Crippen MR) is 72.7 cm³/mol. The van der Waals surface area contributed by atoms with Gasteiger partial charge >= 0.3 is 0 Å². The molecule has 0 bridgehead atoms. The lowest BCUT2D eigenvalue weighted by Gasteiger charge is -2.15. The van der Waals surface area contributed by atoms with E-state index in [0.29, 0.717) is 18.4 Å². The molecule has 0 atom stereocenters. The summed E-state index contributed by atoms with van der Waals surface area (Å²) in [5.41, 5.74) is 0.940. The van der Waals surface area contributed by atoms with Gasteiger partial charge in [0, 0.05) is 20.6 Å². The third-order valence-electron chi connectivity index (χ3n) is 2.85. The molecule has 0 aliphatic carbocycles. The third kappa shape index (κ3) is 3.06. The molecular formula is C12H17N5O2. The summed E-state index contributed by atoms with van der Waals surface area (Å²) in [7, 11) is 3.67. The molecule has 0 radical (unpaired) electrons. The molecule has 4 N–H and O–H groups in total. The summed E-state index contributed by atoms with van der Waals surface area (Å²) >= 11 is 0. The monoisotopic (exact) mass is 263 g/mol. The average molecular weight is 263 g/mol. The van der Waals surface area contributed by atoms with Gasteiger partial charge in [0.25, 0.3) is 0 Å². The molecule has 2 rings (SSSR count). The summed E-state index contributed by atoms with van der Waals surface area (Å²) in [6.45, 7) is 0.711. The minimum Gasteiger partial charge on any atom is -0.504 e. The van der Waals surface area contributed by atoms with E-state index in [9.17, 15) is 10.2 Å². The normalized spacial score (nSPS) is 10.4. The van der Waals surface area contributed by atoms with Crippen LogP contribution in [-0.4, -0.2) is 46.0 Å². The second-order valence-corrected chi connectivity index (χ2v) is 4.24. The van der Waals surface area contributed by atoms with Gasteiger partial charge in [0.2, 0.25) is 11.9 Å². The van der Waals surface area contributed by atoms with E-state index in [1.54, 1.807) is 19.2 Å². The molecule has 0 spiro atoms. The number of phenols is 2. The van der Waals surface area contributed by atoms with E-state index in [4.69, 9.17) is 0 Å². The lowest BCUT2D eigenvalue weighted by atomic mass is 10.1. The number of phenolic OH excluding ortho intramolecular Hbond substituents is 2. The lowest BCUT2D eigenvalue weighted by Crippen LogP contribution is -2.21. The number of nitrogens with one attached hydrogen (secondary N) is 2. The smallest absolute Gasteiger partial charge is 0.225 e. The molecule has 7 heteroatoms. The number of H-pyrrole nitrogens is 1. The Morgan fingerprint density at radius 2 is 2.05 bits per heavy atom. The van der Waals surface area contributed by atoms with Crippen molar-refractivity contribution < 1.29 is 10.2 Å². The van der Waals surface area contributed by atoms with Gasteiger partial charge in [0.05, 0.1) is 0 Å². The molecule has 2 aromatic rings. The van der Waals surface area contributed by atoms with Gasteiger partial charge < -0.3 is 20.4 Å². The van der Waals surface area contributed by atoms with E-state index in [0.717, 1.165) is 12.0 Å². The molecule has 0 unspecified atom stereocenters. The van der Waals surface area contributed by atoms with Crippen LogP contribution in [0.2, 0.25) is 0 Å². The molecule has 0 fully saturated rings. The van der Waals surface area contributed by atoms with Crippen molar-refractivity contribution >= 4 is 11.9 Å². The molecule has 0 aliphatic rings. The van der Waals surface area contributed by atoms with Crippen LogP contribution < -0.4 is 10.2 Å². The van der Waals surface area contributed by atoms with Crippen LogP contribution in [0.1, 0.15) is 5.56 Å². The first-order chi connectivity index (χ1) is 9.10. The van der Waals surface area contributed by atoms with Gasteiger partial charge in [-0.3, -0.25) is 4.98 Å². The number of aromatic amines is 1. The Labute approximate surface area is 110 Å². The van der Waals surface area contributed by atoms with Crippen molar-refractivity contribution in [3.8, 4) is 11.5 Å². The highest BCUT2D eigenvalue weighted by atomic mass is 16.3. The van der Waals surface area contributed by atoms with Crippen molar-refractivity contribution in [2.45, 2.75) is 6.42 Å². The summed E-state index contributed by atoms with van der Waals surface area (Å²) in [5.74, 6) is 1.08. The molecule has 7 nitrogen and oxygen atoms in total. The first kappa shape index (κ1) is 13.0. The van der Waals surface area contributed by atoms with Crippen LogP contribution in [0.5, 0.6) is 11.5 Å². The first-order valence-electron chi connectivity index (χ1n) is 5.92. The Morgan fingerprint density at radius 1 is 1.26 bits per heavy atom. The van der Waals surface area contributed by atoms with E-state index in [1.165, 1.54) is 6.07 Å². The number of nitrogens with zero attached hydrogens (tertiary/aromatic N) is 3. The Kier molecular flexibility index (Phi) is 3.74. The minimum absolute atomic E-state index is 0.0997. The second kappa shape index (κ2) is 5.47. The molecule has 0 saturated heterocycles. The highest BCUT2D eigenvalue weighted by Crippen LogP contribution is 2.25. The second-order valence-electron chi connectivity index (χ2n) is 4.24. The van der Waals surface area contributed by atoms with E-state index < -0.39 is 0 Å². The number of anilines is 2. The van der Waals surface area contributed by atoms with Crippen molar-refractivity contribution in [1.82, 2.24) is 15.2 Å². The lowest BCUT2D eigenvalue weighted by molar-refractivity contribution is 0.403. The van der Waals surface area contributed by atoms with E-state index in [-0.39, 0.29) is 11.5 Å². The fourth-order valence-corrected chi connectivity index (χ4v) is 1.66. The zero-order chi connectivity index (χ0) is 13.8. The van der Waals surface area contributed by atoms with Gasteiger partial charge in [-0.1, -0.05) is 6.07 Å². The largest absolute Gasteiger partial charge is 0.504 e. The fraction of sp³-hybridized carbons (Fsp3) is 0.333. The van der Waals surface area contributed by atoms with Gasteiger partial charge in [-0.15, -0.1) is 10.2 Å². The molecule has 102 valence electrons. The zero-order valence-corrected chi connectivity index (χ0v) is 10.9. The van der Waals surface area contributed by atoms with Gasteiger partial charge in [-0.2, -0.15) is 0 Å². The molecule has 1 aromatic heterocycles. The van der Waals surface area contributed by atoms with Gasteiger partial charge in [0.15, 0.2) is 11.5 Å². The maximum absolute atomic E-state index is 9.42. The molecule has 19 heavy (non-hydrogen) atoms. The topological polar surface area (TPSA) is 97.3 Å². The summed E-state index contributed by atoms with van der Waals surface area (Å²) in [5, 5.41) is 29.4. The van der Waals surface area contributed by atoms with Crippen molar-refractivity contribution in [1.29, 1.82) is 0 Å². The number of aromatic nitrogens is 3. The Hall–Kier alpha value is -2.44. The highest BCUT2D eigenvalue weighted by Gasteiger charge is 2.07. The van der Waals surface area contributed by atoms with Crippen LogP contribution in [0.3, 0.4) is 0 Å². The molecular weight excluding hydrogens is 246 g/mol. The SMILES string of the molecule is CNc1nnc(N(C)CCc2ccc(O)c(O)c2)[nH]1. The van der Waals surface area contributed by atoms with E-state index in [1.807, 2.05) is 11.9 Å². The maximum atomic E-state index is 9.42. The van der Waals surface area contributed by atoms with Crippen LogP contribution >= 0.6 is 0 Å². The predicted octanol–water partition coefficient (Wildman–Crippen LogP) is 0.936. The number of aromatic hydroxyl groups is 2. The minimum atomic E-state index is -0.106. The van der Waals surface area contributed by atoms with Crippen LogP contribution in [0.4, 0.5) is 11.9 Å². The number of rotatable bonds is 5. The van der Waals surface area contributed by atoms with Crippen molar-refractivity contribution in [3.05, 3.63) is 23.8 Å². The summed E-state index contributed by atoms with van der Waals surface area (Å²) in [6, 6.07) is 4.82. The molecule has 1 aromatic carbocycles. The number of hydrogen-bond acceptors (Lipinski definition) is 6. The van der Waals surface area contributed by atoms with E-state index in [2.05, 4.69) is 20.5 Å². The average Bonchev–Trinajstić information content (AvgIpc) is 2.88. The number of benzene rings is 1. The molecule has 1 heterocycles. The quantitative estimate of drug-likeness (QED) is 0.599. The maximum Gasteiger partial charge on any atom is 0.225 e. The van der Waals surface area contributed by atoms with E-state index >= 15 is 0 Å². The standard InChI is InChI=1S/C12H17N5O2/c1-13-11-14-12(16-15-11)17(2)6-5-8-3-4-9(18)10(19)7-8/h3-4,7,18-19H,5-6H2,1-2H3,(H2,13,14,15,16). The molecule has 0 aliphatic heterocycles. The van der Waals surface area contributed by atoms with Crippen LogP contribution in [-0.2, 0) is 6.42 Å². The Bertz CT molecular complexity index is 555. The van der Waals surface area contributed by atoms with Gasteiger partial charge in [0.1, 0.15) is 0 Å². The van der Waals surface area contributed by atoms with Crippen LogP contribution in [0, 0.1) is 0 Å². The van der Waals surface area contributed by atoms with Crippen molar-refractivity contribution in [3.63, 3.8) is 0 Å². The zero-order valence-electron chi connectivity index (χ0n) is 10.9. The number of hydrogen-bond donors (Lipinski definition) is 4. The van der Waals surface area contributed by atoms with Crippen LogP contribution in [0.25, 0.3) is 0 Å². The van der Waals surface area contributed by atoms with Gasteiger partial charge in [-0.05, 0) is 24.1 Å². The Balaban J connectivity index is 1.95. The van der Waals surface area contributed by atoms with Crippen LogP contribution in [0.15, 0.2) is 18.2 Å². The number of likely N-dealkylation sites (N-methyl/N-ethyl adjacent to an activating group) is 1.